The molecule has 2 aliphatic heterocycles. The first-order valence-corrected chi connectivity index (χ1v) is 6.69. The van der Waals surface area contributed by atoms with E-state index in [9.17, 15) is 4.79 Å². The summed E-state index contributed by atoms with van der Waals surface area (Å²) >= 11 is 0. The summed E-state index contributed by atoms with van der Waals surface area (Å²) in [5.74, 6) is 0.870. The van der Waals surface area contributed by atoms with Gasteiger partial charge in [0.2, 0.25) is 0 Å². The fourth-order valence-corrected chi connectivity index (χ4v) is 2.03. The zero-order valence-corrected chi connectivity index (χ0v) is 11.8. The van der Waals surface area contributed by atoms with Crippen molar-refractivity contribution >= 4 is 6.09 Å². The molecule has 0 aliphatic carbocycles. The predicted molar refractivity (Wildman–Crippen MR) is 72.5 cm³/mol. The van der Waals surface area contributed by atoms with Crippen molar-refractivity contribution in [3.63, 3.8) is 0 Å². The molecular formula is C14H22N2O3. The van der Waals surface area contributed by atoms with Gasteiger partial charge in [0.25, 0.3) is 0 Å². The molecule has 1 atom stereocenters. The number of dihydropyridines is 1. The van der Waals surface area contributed by atoms with E-state index in [4.69, 9.17) is 9.47 Å². The summed E-state index contributed by atoms with van der Waals surface area (Å²) in [5.41, 5.74) is -0.448. The van der Waals surface area contributed by atoms with Crippen LogP contribution in [0.25, 0.3) is 0 Å². The van der Waals surface area contributed by atoms with Gasteiger partial charge in [-0.2, -0.15) is 0 Å². The summed E-state index contributed by atoms with van der Waals surface area (Å²) in [6.45, 7) is 7.69. The maximum Gasteiger partial charge on any atom is 0.410 e. The van der Waals surface area contributed by atoms with Crippen LogP contribution in [0.5, 0.6) is 0 Å². The molecule has 0 saturated carbocycles. The standard InChI is InChI=1S/C14H22N2O3/c1-14(2,3)19-13(17)16-9-6-12(10-16)18-11-4-7-15-8-5-11/h4-5,7,12,15H,6,8-10H2,1-3H3/t12-/m0/s1. The van der Waals surface area contributed by atoms with E-state index in [0.717, 1.165) is 18.7 Å². The molecule has 2 heterocycles. The van der Waals surface area contributed by atoms with Gasteiger partial charge in [0, 0.05) is 25.7 Å². The molecule has 2 aliphatic rings. The molecule has 0 unspecified atom stereocenters. The Kier molecular flexibility index (Phi) is 4.02. The maximum absolute atomic E-state index is 11.9. The van der Waals surface area contributed by atoms with Crippen LogP contribution in [0.1, 0.15) is 27.2 Å². The van der Waals surface area contributed by atoms with Gasteiger partial charge in [0.05, 0.1) is 6.54 Å². The van der Waals surface area contributed by atoms with E-state index in [1.165, 1.54) is 0 Å². The summed E-state index contributed by atoms with van der Waals surface area (Å²) in [4.78, 5) is 13.6. The lowest BCUT2D eigenvalue weighted by Gasteiger charge is -2.24. The highest BCUT2D eigenvalue weighted by Crippen LogP contribution is 2.19. The van der Waals surface area contributed by atoms with Gasteiger partial charge in [-0.3, -0.25) is 0 Å². The lowest BCUT2D eigenvalue weighted by Crippen LogP contribution is -2.36. The van der Waals surface area contributed by atoms with Crippen LogP contribution in [0.4, 0.5) is 4.79 Å². The van der Waals surface area contributed by atoms with Gasteiger partial charge >= 0.3 is 6.09 Å². The number of hydrogen-bond donors (Lipinski definition) is 1. The predicted octanol–water partition coefficient (Wildman–Crippen LogP) is 2.01. The van der Waals surface area contributed by atoms with Crippen LogP contribution in [0.2, 0.25) is 0 Å². The molecule has 106 valence electrons. The second-order valence-electron chi connectivity index (χ2n) is 5.80. The highest BCUT2D eigenvalue weighted by atomic mass is 16.6. The van der Waals surface area contributed by atoms with E-state index in [2.05, 4.69) is 5.32 Å². The highest BCUT2D eigenvalue weighted by Gasteiger charge is 2.30. The monoisotopic (exact) mass is 266 g/mol. The lowest BCUT2D eigenvalue weighted by atomic mass is 10.2. The summed E-state index contributed by atoms with van der Waals surface area (Å²) < 4.78 is 11.2. The van der Waals surface area contributed by atoms with Crippen molar-refractivity contribution in [2.45, 2.75) is 38.9 Å². The third kappa shape index (κ3) is 4.19. The highest BCUT2D eigenvalue weighted by molar-refractivity contribution is 5.68. The Balaban J connectivity index is 1.81. The van der Waals surface area contributed by atoms with Gasteiger partial charge in [-0.15, -0.1) is 0 Å². The minimum Gasteiger partial charge on any atom is -0.489 e. The lowest BCUT2D eigenvalue weighted by molar-refractivity contribution is 0.0260. The number of amides is 1. The number of nitrogens with one attached hydrogen (secondary N) is 1. The summed E-state index contributed by atoms with van der Waals surface area (Å²) in [7, 11) is 0. The molecule has 0 aromatic heterocycles. The van der Waals surface area contributed by atoms with Crippen molar-refractivity contribution in [3.05, 3.63) is 24.1 Å². The number of carbonyl (C=O) groups excluding carboxylic acids is 1. The SMILES string of the molecule is CC(C)(C)OC(=O)N1CC[C@H](OC2=CCNC=C2)C1. The second kappa shape index (κ2) is 5.55. The molecule has 0 bridgehead atoms. The average Bonchev–Trinajstić information content (AvgIpc) is 2.77. The van der Waals surface area contributed by atoms with E-state index >= 15 is 0 Å². The molecule has 19 heavy (non-hydrogen) atoms. The molecule has 5 heteroatoms. The van der Waals surface area contributed by atoms with Gasteiger partial charge in [-0.1, -0.05) is 0 Å². The Morgan fingerprint density at radius 3 is 2.89 bits per heavy atom. The Bertz CT molecular complexity index is 396. The maximum atomic E-state index is 11.9. The van der Waals surface area contributed by atoms with E-state index in [1.807, 2.05) is 39.1 Å². The second-order valence-corrected chi connectivity index (χ2v) is 5.80. The molecule has 1 N–H and O–H groups in total. The number of ether oxygens (including phenoxy) is 2. The van der Waals surface area contributed by atoms with Gasteiger partial charge in [0.1, 0.15) is 17.5 Å². The Morgan fingerprint density at radius 2 is 2.26 bits per heavy atom. The molecule has 1 fully saturated rings. The van der Waals surface area contributed by atoms with Gasteiger partial charge in [-0.25, -0.2) is 4.79 Å². The number of rotatable bonds is 2. The normalized spacial score (nSPS) is 22.8. The minimum absolute atomic E-state index is 0.0570. The van der Waals surface area contributed by atoms with E-state index < -0.39 is 5.60 Å². The number of allylic oxidation sites excluding steroid dienone is 1. The van der Waals surface area contributed by atoms with Crippen LogP contribution in [-0.4, -0.2) is 42.3 Å². The van der Waals surface area contributed by atoms with Crippen molar-refractivity contribution in [3.8, 4) is 0 Å². The minimum atomic E-state index is -0.448. The molecule has 0 aromatic rings. The summed E-state index contributed by atoms with van der Waals surface area (Å²) in [5, 5.41) is 3.07. The van der Waals surface area contributed by atoms with Crippen LogP contribution in [0.15, 0.2) is 24.1 Å². The molecule has 1 saturated heterocycles. The van der Waals surface area contributed by atoms with Crippen LogP contribution >= 0.6 is 0 Å². The average molecular weight is 266 g/mol. The smallest absolute Gasteiger partial charge is 0.410 e. The summed E-state index contributed by atoms with van der Waals surface area (Å²) in [6, 6.07) is 0. The fraction of sp³-hybridized carbons (Fsp3) is 0.643. The first-order chi connectivity index (χ1) is 8.94. The number of hydrogen-bond acceptors (Lipinski definition) is 4. The zero-order valence-electron chi connectivity index (χ0n) is 11.8. The molecule has 2 rings (SSSR count). The quantitative estimate of drug-likeness (QED) is 0.830. The van der Waals surface area contributed by atoms with Crippen LogP contribution in [0, 0.1) is 0 Å². The van der Waals surface area contributed by atoms with Gasteiger partial charge < -0.3 is 19.7 Å². The number of nitrogens with zero attached hydrogens (tertiary/aromatic N) is 1. The van der Waals surface area contributed by atoms with Crippen molar-refractivity contribution < 1.29 is 14.3 Å². The van der Waals surface area contributed by atoms with Gasteiger partial charge in [0.15, 0.2) is 0 Å². The first-order valence-electron chi connectivity index (χ1n) is 6.69. The van der Waals surface area contributed by atoms with Crippen molar-refractivity contribution in [2.24, 2.45) is 0 Å². The van der Waals surface area contributed by atoms with Gasteiger partial charge in [-0.05, 0) is 32.9 Å². The Labute approximate surface area is 114 Å². The number of likely N-dealkylation sites (tertiary alicyclic amines) is 1. The topological polar surface area (TPSA) is 50.8 Å². The van der Waals surface area contributed by atoms with Crippen molar-refractivity contribution in [1.82, 2.24) is 10.2 Å². The van der Waals surface area contributed by atoms with E-state index in [1.54, 1.807) is 4.90 Å². The third-order valence-electron chi connectivity index (χ3n) is 2.89. The first kappa shape index (κ1) is 13.8. The molecule has 0 aromatic carbocycles. The molecule has 0 spiro atoms. The molecule has 5 nitrogen and oxygen atoms in total. The third-order valence-corrected chi connectivity index (χ3v) is 2.89. The molecular weight excluding hydrogens is 244 g/mol. The summed E-state index contributed by atoms with van der Waals surface area (Å²) in [6.07, 6.45) is 6.42. The largest absolute Gasteiger partial charge is 0.489 e. The van der Waals surface area contributed by atoms with Crippen molar-refractivity contribution in [1.29, 1.82) is 0 Å². The molecule has 0 radical (unpaired) electrons. The van der Waals surface area contributed by atoms with E-state index in [0.29, 0.717) is 13.1 Å². The number of carbonyl (C=O) groups is 1. The van der Waals surface area contributed by atoms with E-state index in [-0.39, 0.29) is 12.2 Å². The fourth-order valence-electron chi connectivity index (χ4n) is 2.03. The van der Waals surface area contributed by atoms with Crippen LogP contribution in [-0.2, 0) is 9.47 Å². The zero-order chi connectivity index (χ0) is 13.9. The Morgan fingerprint density at radius 1 is 1.47 bits per heavy atom. The Hall–Kier alpha value is -1.65. The van der Waals surface area contributed by atoms with Crippen LogP contribution in [0.3, 0.4) is 0 Å². The van der Waals surface area contributed by atoms with Crippen LogP contribution < -0.4 is 5.32 Å². The van der Waals surface area contributed by atoms with Crippen molar-refractivity contribution in [2.75, 3.05) is 19.6 Å². The molecule has 1 amide bonds.